The second-order valence-corrected chi connectivity index (χ2v) is 7.41. The summed E-state index contributed by atoms with van der Waals surface area (Å²) in [5, 5.41) is 0. The van der Waals surface area contributed by atoms with Crippen LogP contribution in [0.1, 0.15) is 34.9 Å². The van der Waals surface area contributed by atoms with Gasteiger partial charge in [-0.25, -0.2) is 15.0 Å². The standard InChI is InChI=1S/C23H21N5O/c29-23(18-7-5-16(6-8-18)19-13-24-15-25-14-19)28-11-9-17(10-12-28)22-26-20-3-1-2-4-21(20)27-22/h1-8,13-15,17H,9-12H2,(H,26,27). The molecule has 1 aliphatic heterocycles. The molecule has 1 fully saturated rings. The van der Waals surface area contributed by atoms with E-state index in [9.17, 15) is 4.79 Å². The predicted molar refractivity (Wildman–Crippen MR) is 111 cm³/mol. The molecule has 0 unspecified atom stereocenters. The van der Waals surface area contributed by atoms with E-state index in [2.05, 4.69) is 21.0 Å². The van der Waals surface area contributed by atoms with Crippen molar-refractivity contribution >= 4 is 16.9 Å². The number of hydrogen-bond acceptors (Lipinski definition) is 4. The summed E-state index contributed by atoms with van der Waals surface area (Å²) in [5.74, 6) is 1.49. The predicted octanol–water partition coefficient (Wildman–Crippen LogP) is 4.04. The zero-order valence-electron chi connectivity index (χ0n) is 16.0. The van der Waals surface area contributed by atoms with Crippen LogP contribution >= 0.6 is 0 Å². The number of nitrogens with zero attached hydrogens (tertiary/aromatic N) is 4. The van der Waals surface area contributed by atoms with Gasteiger partial charge in [0.15, 0.2) is 0 Å². The van der Waals surface area contributed by atoms with Crippen LogP contribution < -0.4 is 0 Å². The molecule has 0 atom stereocenters. The molecule has 0 bridgehead atoms. The number of aromatic amines is 1. The maximum Gasteiger partial charge on any atom is 0.253 e. The maximum absolute atomic E-state index is 12.9. The van der Waals surface area contributed by atoms with Crippen LogP contribution in [0.4, 0.5) is 0 Å². The highest BCUT2D eigenvalue weighted by atomic mass is 16.2. The highest BCUT2D eigenvalue weighted by Crippen LogP contribution is 2.28. The van der Waals surface area contributed by atoms with Crippen molar-refractivity contribution < 1.29 is 4.79 Å². The van der Waals surface area contributed by atoms with Gasteiger partial charge < -0.3 is 9.88 Å². The highest BCUT2D eigenvalue weighted by Gasteiger charge is 2.26. The molecule has 0 spiro atoms. The largest absolute Gasteiger partial charge is 0.342 e. The number of likely N-dealkylation sites (tertiary alicyclic amines) is 1. The Balaban J connectivity index is 1.25. The number of piperidine rings is 1. The van der Waals surface area contributed by atoms with Crippen molar-refractivity contribution in [2.75, 3.05) is 13.1 Å². The van der Waals surface area contributed by atoms with Gasteiger partial charge in [0.25, 0.3) is 5.91 Å². The smallest absolute Gasteiger partial charge is 0.253 e. The maximum atomic E-state index is 12.9. The lowest BCUT2D eigenvalue weighted by molar-refractivity contribution is 0.0711. The highest BCUT2D eigenvalue weighted by molar-refractivity contribution is 5.94. The molecular formula is C23H21N5O. The Morgan fingerprint density at radius 1 is 0.931 bits per heavy atom. The van der Waals surface area contributed by atoms with E-state index in [-0.39, 0.29) is 5.91 Å². The average Bonchev–Trinajstić information content (AvgIpc) is 3.24. The quantitative estimate of drug-likeness (QED) is 0.579. The van der Waals surface area contributed by atoms with Gasteiger partial charge in [0, 0.05) is 42.5 Å². The molecule has 0 aliphatic carbocycles. The van der Waals surface area contributed by atoms with Crippen LogP contribution in [0.2, 0.25) is 0 Å². The molecular weight excluding hydrogens is 362 g/mol. The van der Waals surface area contributed by atoms with E-state index < -0.39 is 0 Å². The molecule has 0 saturated carbocycles. The SMILES string of the molecule is O=C(c1ccc(-c2cncnc2)cc1)N1CCC(c2nc3ccccc3[nH]2)CC1. The minimum atomic E-state index is 0.0870. The van der Waals surface area contributed by atoms with Gasteiger partial charge in [-0.1, -0.05) is 24.3 Å². The van der Waals surface area contributed by atoms with Crippen molar-refractivity contribution in [1.29, 1.82) is 0 Å². The molecule has 6 nitrogen and oxygen atoms in total. The Hall–Kier alpha value is -3.54. The molecule has 3 heterocycles. The van der Waals surface area contributed by atoms with E-state index in [1.807, 2.05) is 47.4 Å². The van der Waals surface area contributed by atoms with Gasteiger partial charge in [-0.05, 0) is 42.7 Å². The van der Waals surface area contributed by atoms with Crippen molar-refractivity contribution in [2.45, 2.75) is 18.8 Å². The summed E-state index contributed by atoms with van der Waals surface area (Å²) in [5.41, 5.74) is 4.74. The third-order valence-electron chi connectivity index (χ3n) is 5.60. The number of nitrogens with one attached hydrogen (secondary N) is 1. The Kier molecular flexibility index (Phi) is 4.52. The van der Waals surface area contributed by atoms with E-state index in [0.717, 1.165) is 53.9 Å². The summed E-state index contributed by atoms with van der Waals surface area (Å²) in [6.45, 7) is 1.49. The average molecular weight is 383 g/mol. The Bertz CT molecular complexity index is 1100. The van der Waals surface area contributed by atoms with Crippen molar-refractivity contribution in [2.24, 2.45) is 0 Å². The number of carbonyl (C=O) groups excluding carboxylic acids is 1. The lowest BCUT2D eigenvalue weighted by Crippen LogP contribution is -2.38. The van der Waals surface area contributed by atoms with Gasteiger partial charge in [0.2, 0.25) is 0 Å². The molecule has 5 rings (SSSR count). The topological polar surface area (TPSA) is 74.8 Å². The van der Waals surface area contributed by atoms with Crippen LogP contribution in [-0.2, 0) is 0 Å². The summed E-state index contributed by atoms with van der Waals surface area (Å²) in [6, 6.07) is 15.8. The molecule has 0 radical (unpaired) electrons. The molecule has 144 valence electrons. The number of para-hydroxylation sites is 2. The Labute approximate surface area is 168 Å². The number of hydrogen-bond donors (Lipinski definition) is 1. The normalized spacial score (nSPS) is 15.0. The number of imidazole rings is 1. The fourth-order valence-corrected chi connectivity index (χ4v) is 3.96. The molecule has 2 aromatic heterocycles. The van der Waals surface area contributed by atoms with Crippen molar-refractivity contribution in [3.63, 3.8) is 0 Å². The third kappa shape index (κ3) is 3.49. The molecule has 1 amide bonds. The number of H-pyrrole nitrogens is 1. The number of rotatable bonds is 3. The van der Waals surface area contributed by atoms with E-state index >= 15 is 0 Å². The molecule has 6 heteroatoms. The van der Waals surface area contributed by atoms with E-state index in [0.29, 0.717) is 11.5 Å². The lowest BCUT2D eigenvalue weighted by atomic mass is 9.95. The van der Waals surface area contributed by atoms with Crippen molar-refractivity contribution in [3.8, 4) is 11.1 Å². The molecule has 2 aromatic carbocycles. The Morgan fingerprint density at radius 3 is 2.38 bits per heavy atom. The van der Waals surface area contributed by atoms with Crippen LogP contribution in [0.15, 0.2) is 67.3 Å². The van der Waals surface area contributed by atoms with Gasteiger partial charge >= 0.3 is 0 Å². The Morgan fingerprint density at radius 2 is 1.66 bits per heavy atom. The van der Waals surface area contributed by atoms with Crippen LogP contribution in [0, 0.1) is 0 Å². The van der Waals surface area contributed by atoms with Crippen LogP contribution in [0.3, 0.4) is 0 Å². The first-order valence-electron chi connectivity index (χ1n) is 9.87. The van der Waals surface area contributed by atoms with Crippen molar-refractivity contribution in [3.05, 3.63) is 78.6 Å². The fraction of sp³-hybridized carbons (Fsp3) is 0.217. The summed E-state index contributed by atoms with van der Waals surface area (Å²) in [4.78, 5) is 31.1. The van der Waals surface area contributed by atoms with Gasteiger partial charge in [-0.2, -0.15) is 0 Å². The summed E-state index contributed by atoms with van der Waals surface area (Å²) in [6.07, 6.45) is 6.89. The zero-order chi connectivity index (χ0) is 19.6. The van der Waals surface area contributed by atoms with Gasteiger partial charge in [0.05, 0.1) is 11.0 Å². The number of amides is 1. The second kappa shape index (κ2) is 7.47. The van der Waals surface area contributed by atoms with Crippen LogP contribution in [0.25, 0.3) is 22.2 Å². The monoisotopic (exact) mass is 383 g/mol. The first kappa shape index (κ1) is 17.6. The third-order valence-corrected chi connectivity index (χ3v) is 5.60. The fourth-order valence-electron chi connectivity index (χ4n) is 3.96. The number of benzene rings is 2. The molecule has 1 N–H and O–H groups in total. The number of aromatic nitrogens is 4. The van der Waals surface area contributed by atoms with E-state index in [1.165, 1.54) is 6.33 Å². The minimum absolute atomic E-state index is 0.0870. The van der Waals surface area contributed by atoms with E-state index in [4.69, 9.17) is 4.98 Å². The molecule has 29 heavy (non-hydrogen) atoms. The van der Waals surface area contributed by atoms with Crippen molar-refractivity contribution in [1.82, 2.24) is 24.8 Å². The number of carbonyl (C=O) groups is 1. The number of fused-ring (bicyclic) bond motifs is 1. The van der Waals surface area contributed by atoms with Gasteiger partial charge in [-0.15, -0.1) is 0 Å². The van der Waals surface area contributed by atoms with E-state index in [1.54, 1.807) is 12.4 Å². The summed E-state index contributed by atoms with van der Waals surface area (Å²) >= 11 is 0. The van der Waals surface area contributed by atoms with Crippen LogP contribution in [0.5, 0.6) is 0 Å². The summed E-state index contributed by atoms with van der Waals surface area (Å²) in [7, 11) is 0. The second-order valence-electron chi connectivity index (χ2n) is 7.41. The first-order valence-corrected chi connectivity index (χ1v) is 9.87. The minimum Gasteiger partial charge on any atom is -0.342 e. The van der Waals surface area contributed by atoms with Gasteiger partial charge in [0.1, 0.15) is 12.2 Å². The van der Waals surface area contributed by atoms with Gasteiger partial charge in [-0.3, -0.25) is 4.79 Å². The van der Waals surface area contributed by atoms with Crippen LogP contribution in [-0.4, -0.2) is 43.8 Å². The lowest BCUT2D eigenvalue weighted by Gasteiger charge is -2.31. The molecule has 1 aliphatic rings. The molecule has 4 aromatic rings. The summed E-state index contributed by atoms with van der Waals surface area (Å²) < 4.78 is 0. The zero-order valence-corrected chi connectivity index (χ0v) is 16.0. The molecule has 1 saturated heterocycles. The first-order chi connectivity index (χ1) is 14.3.